The Morgan fingerprint density at radius 3 is 2.31 bits per heavy atom. The number of hydrogen-bond acceptors (Lipinski definition) is 2. The van der Waals surface area contributed by atoms with Crippen molar-refractivity contribution in [3.8, 4) is 0 Å². The largest absolute Gasteiger partial charge is 0.469 e. The zero-order valence-corrected chi connectivity index (χ0v) is 9.94. The molecule has 0 unspecified atom stereocenters. The second-order valence-electron chi connectivity index (χ2n) is 4.96. The number of thiocarbonyl (C=S) groups is 1. The van der Waals surface area contributed by atoms with Crippen LogP contribution in [0.1, 0.15) is 34.6 Å². The summed E-state index contributed by atoms with van der Waals surface area (Å²) < 4.78 is 5.42. The van der Waals surface area contributed by atoms with Gasteiger partial charge >= 0.3 is 0 Å². The first-order chi connectivity index (χ1) is 5.84. The lowest BCUT2D eigenvalue weighted by molar-refractivity contribution is 0.155. The maximum Gasteiger partial charge on any atom is 0.259 e. The van der Waals surface area contributed by atoms with Crippen LogP contribution >= 0.6 is 12.2 Å². The van der Waals surface area contributed by atoms with E-state index in [0.717, 1.165) is 6.61 Å². The normalized spacial score (nSPS) is 24.0. The Kier molecular flexibility index (Phi) is 2.85. The Hall–Kier alpha value is -0.310. The standard InChI is InChI=1S/C10H19NOS/c1-7(2)11-8(10(3,4)5)6-12-9(11)13/h7-8H,6H2,1-5H3/t8-/m1/s1. The quantitative estimate of drug-likeness (QED) is 0.605. The summed E-state index contributed by atoms with van der Waals surface area (Å²) >= 11 is 5.17. The Morgan fingerprint density at radius 1 is 1.46 bits per heavy atom. The van der Waals surface area contributed by atoms with Crippen LogP contribution in [0.2, 0.25) is 0 Å². The Balaban J connectivity index is 2.82. The molecule has 0 spiro atoms. The van der Waals surface area contributed by atoms with Crippen molar-refractivity contribution < 1.29 is 4.74 Å². The third-order valence-corrected chi connectivity index (χ3v) is 2.80. The minimum Gasteiger partial charge on any atom is -0.469 e. The van der Waals surface area contributed by atoms with E-state index >= 15 is 0 Å². The topological polar surface area (TPSA) is 12.5 Å². The van der Waals surface area contributed by atoms with Crippen molar-refractivity contribution in [1.82, 2.24) is 4.90 Å². The highest BCUT2D eigenvalue weighted by molar-refractivity contribution is 7.80. The minimum atomic E-state index is 0.227. The molecule has 1 heterocycles. The van der Waals surface area contributed by atoms with E-state index in [-0.39, 0.29) is 5.41 Å². The van der Waals surface area contributed by atoms with Crippen LogP contribution in [0.3, 0.4) is 0 Å². The van der Waals surface area contributed by atoms with Gasteiger partial charge in [-0.05, 0) is 31.5 Å². The zero-order chi connectivity index (χ0) is 10.2. The number of nitrogens with zero attached hydrogens (tertiary/aromatic N) is 1. The summed E-state index contributed by atoms with van der Waals surface area (Å²) in [5.74, 6) is 0. The molecule has 1 aliphatic rings. The molecule has 1 aliphatic heterocycles. The molecule has 0 aromatic heterocycles. The summed E-state index contributed by atoms with van der Waals surface area (Å²) in [5.41, 5.74) is 0.227. The summed E-state index contributed by atoms with van der Waals surface area (Å²) in [7, 11) is 0. The fraction of sp³-hybridized carbons (Fsp3) is 0.900. The molecule has 1 saturated heterocycles. The maximum atomic E-state index is 5.42. The van der Waals surface area contributed by atoms with Gasteiger partial charge in [0, 0.05) is 6.04 Å². The molecule has 76 valence electrons. The van der Waals surface area contributed by atoms with E-state index < -0.39 is 0 Å². The third-order valence-electron chi connectivity index (χ3n) is 2.47. The van der Waals surface area contributed by atoms with Gasteiger partial charge in [-0.1, -0.05) is 20.8 Å². The van der Waals surface area contributed by atoms with Gasteiger partial charge in [0.2, 0.25) is 0 Å². The molecular formula is C10H19NOS. The van der Waals surface area contributed by atoms with Crippen molar-refractivity contribution in [2.45, 2.75) is 46.7 Å². The fourth-order valence-corrected chi connectivity index (χ4v) is 2.08. The van der Waals surface area contributed by atoms with Gasteiger partial charge in [-0.15, -0.1) is 0 Å². The van der Waals surface area contributed by atoms with Crippen LogP contribution in [0.5, 0.6) is 0 Å². The van der Waals surface area contributed by atoms with Crippen LogP contribution in [0.4, 0.5) is 0 Å². The van der Waals surface area contributed by atoms with Gasteiger partial charge in [-0.25, -0.2) is 0 Å². The van der Waals surface area contributed by atoms with E-state index in [2.05, 4.69) is 39.5 Å². The average Bonchev–Trinajstić information content (AvgIpc) is 2.28. The van der Waals surface area contributed by atoms with E-state index in [1.165, 1.54) is 0 Å². The molecule has 0 N–H and O–H groups in total. The van der Waals surface area contributed by atoms with Gasteiger partial charge in [0.15, 0.2) is 0 Å². The van der Waals surface area contributed by atoms with Crippen molar-refractivity contribution >= 4 is 17.4 Å². The zero-order valence-electron chi connectivity index (χ0n) is 9.13. The lowest BCUT2D eigenvalue weighted by Gasteiger charge is -2.35. The van der Waals surface area contributed by atoms with Gasteiger partial charge in [-0.2, -0.15) is 0 Å². The number of rotatable bonds is 1. The van der Waals surface area contributed by atoms with Crippen LogP contribution in [0, 0.1) is 5.41 Å². The first-order valence-corrected chi connectivity index (χ1v) is 5.20. The smallest absolute Gasteiger partial charge is 0.259 e. The van der Waals surface area contributed by atoms with Crippen molar-refractivity contribution in [2.24, 2.45) is 5.41 Å². The van der Waals surface area contributed by atoms with Crippen LogP contribution in [-0.2, 0) is 4.74 Å². The van der Waals surface area contributed by atoms with Crippen molar-refractivity contribution in [3.05, 3.63) is 0 Å². The third kappa shape index (κ3) is 2.13. The lowest BCUT2D eigenvalue weighted by atomic mass is 9.86. The van der Waals surface area contributed by atoms with E-state index in [9.17, 15) is 0 Å². The number of hydrogen-bond donors (Lipinski definition) is 0. The molecule has 0 aromatic rings. The lowest BCUT2D eigenvalue weighted by Crippen LogP contribution is -2.45. The SMILES string of the molecule is CC(C)N1C(=S)OC[C@@H]1C(C)(C)C. The summed E-state index contributed by atoms with van der Waals surface area (Å²) in [4.78, 5) is 2.20. The predicted octanol–water partition coefficient (Wildman–Crippen LogP) is 2.43. The highest BCUT2D eigenvalue weighted by Crippen LogP contribution is 2.30. The Morgan fingerprint density at radius 2 is 2.00 bits per heavy atom. The first-order valence-electron chi connectivity index (χ1n) is 4.79. The van der Waals surface area contributed by atoms with Gasteiger partial charge in [0.05, 0.1) is 6.04 Å². The van der Waals surface area contributed by atoms with Crippen LogP contribution in [-0.4, -0.2) is 28.8 Å². The van der Waals surface area contributed by atoms with Crippen LogP contribution in [0.25, 0.3) is 0 Å². The summed E-state index contributed by atoms with van der Waals surface area (Å²) in [5, 5.41) is 0.662. The summed E-state index contributed by atoms with van der Waals surface area (Å²) in [6.07, 6.45) is 0. The second kappa shape index (κ2) is 3.45. The minimum absolute atomic E-state index is 0.227. The fourth-order valence-electron chi connectivity index (χ4n) is 1.67. The second-order valence-corrected chi connectivity index (χ2v) is 5.31. The average molecular weight is 201 g/mol. The first kappa shape index (κ1) is 10.8. The van der Waals surface area contributed by atoms with Crippen molar-refractivity contribution in [3.63, 3.8) is 0 Å². The van der Waals surface area contributed by atoms with Gasteiger partial charge in [0.1, 0.15) is 6.61 Å². The van der Waals surface area contributed by atoms with Gasteiger partial charge < -0.3 is 9.64 Å². The monoisotopic (exact) mass is 201 g/mol. The van der Waals surface area contributed by atoms with Gasteiger partial charge in [-0.3, -0.25) is 0 Å². The molecular weight excluding hydrogens is 182 g/mol. The molecule has 0 amide bonds. The summed E-state index contributed by atoms with van der Waals surface area (Å²) in [6.45, 7) is 11.7. The maximum absolute atomic E-state index is 5.42. The molecule has 0 aromatic carbocycles. The Bertz CT molecular complexity index is 207. The van der Waals surface area contributed by atoms with E-state index in [1.807, 2.05) is 0 Å². The van der Waals surface area contributed by atoms with E-state index in [1.54, 1.807) is 0 Å². The molecule has 0 saturated carbocycles. The highest BCUT2D eigenvalue weighted by atomic mass is 32.1. The van der Waals surface area contributed by atoms with Crippen molar-refractivity contribution in [2.75, 3.05) is 6.61 Å². The molecule has 0 radical (unpaired) electrons. The molecule has 0 bridgehead atoms. The van der Waals surface area contributed by atoms with E-state index in [0.29, 0.717) is 17.3 Å². The molecule has 3 heteroatoms. The molecule has 1 fully saturated rings. The molecule has 13 heavy (non-hydrogen) atoms. The highest BCUT2D eigenvalue weighted by Gasteiger charge is 2.39. The number of ether oxygens (including phenoxy) is 1. The van der Waals surface area contributed by atoms with E-state index in [4.69, 9.17) is 17.0 Å². The predicted molar refractivity (Wildman–Crippen MR) is 58.8 cm³/mol. The molecule has 2 nitrogen and oxygen atoms in total. The molecule has 1 atom stereocenters. The Labute approximate surface area is 86.3 Å². The molecule has 1 rings (SSSR count). The van der Waals surface area contributed by atoms with Gasteiger partial charge in [0.25, 0.3) is 5.17 Å². The van der Waals surface area contributed by atoms with Crippen molar-refractivity contribution in [1.29, 1.82) is 0 Å². The van der Waals surface area contributed by atoms with Crippen LogP contribution in [0.15, 0.2) is 0 Å². The van der Waals surface area contributed by atoms with Crippen LogP contribution < -0.4 is 0 Å². The summed E-state index contributed by atoms with van der Waals surface area (Å²) in [6, 6.07) is 0.847. The molecule has 0 aliphatic carbocycles.